The van der Waals surface area contributed by atoms with E-state index < -0.39 is 0 Å². The minimum absolute atomic E-state index is 0.365. The van der Waals surface area contributed by atoms with Crippen LogP contribution in [0.15, 0.2) is 42.9 Å². The second-order valence-corrected chi connectivity index (χ2v) is 6.35. The lowest BCUT2D eigenvalue weighted by Gasteiger charge is -2.13. The Kier molecular flexibility index (Phi) is 6.27. The Balaban J connectivity index is 0.00000109. The van der Waals surface area contributed by atoms with Crippen molar-refractivity contribution in [3.05, 3.63) is 48.6 Å². The summed E-state index contributed by atoms with van der Waals surface area (Å²) in [6, 6.07) is 6.05. The number of pyridine rings is 2. The number of anilines is 1. The van der Waals surface area contributed by atoms with Gasteiger partial charge in [0.1, 0.15) is 5.52 Å². The number of nitrogens with one attached hydrogen (secondary N) is 1. The first-order valence-corrected chi connectivity index (χ1v) is 9.00. The SMILES string of the molecule is C=C(Nc1cncc(-c2ccc3c(n2)c(C)nn3P)c1)C(C)C.CC. The first kappa shape index (κ1) is 19.1. The van der Waals surface area contributed by atoms with Crippen molar-refractivity contribution >= 4 is 26.1 Å². The third-order valence-electron chi connectivity index (χ3n) is 3.76. The largest absolute Gasteiger partial charge is 0.358 e. The van der Waals surface area contributed by atoms with Crippen LogP contribution in [0.3, 0.4) is 0 Å². The molecule has 25 heavy (non-hydrogen) atoms. The Bertz CT molecular complexity index is 883. The van der Waals surface area contributed by atoms with Crippen LogP contribution in [0, 0.1) is 12.8 Å². The topological polar surface area (TPSA) is 55.6 Å². The average molecular weight is 355 g/mol. The highest BCUT2D eigenvalue weighted by molar-refractivity contribution is 7.14. The maximum Gasteiger partial charge on any atom is 0.112 e. The predicted octanol–water partition coefficient (Wildman–Crippen LogP) is 5.05. The molecule has 1 atom stereocenters. The van der Waals surface area contributed by atoms with Crippen LogP contribution in [-0.2, 0) is 0 Å². The molecule has 0 aliphatic carbocycles. The van der Waals surface area contributed by atoms with E-state index in [2.05, 4.69) is 45.2 Å². The molecule has 0 bridgehead atoms. The molecule has 0 saturated heterocycles. The number of rotatable bonds is 4. The highest BCUT2D eigenvalue weighted by Crippen LogP contribution is 2.25. The van der Waals surface area contributed by atoms with E-state index in [0.29, 0.717) is 5.92 Å². The van der Waals surface area contributed by atoms with Gasteiger partial charge in [0.25, 0.3) is 0 Å². The van der Waals surface area contributed by atoms with E-state index in [1.807, 2.05) is 45.2 Å². The summed E-state index contributed by atoms with van der Waals surface area (Å²) in [5.41, 5.74) is 6.53. The maximum absolute atomic E-state index is 4.73. The van der Waals surface area contributed by atoms with Crippen LogP contribution in [0.4, 0.5) is 5.69 Å². The highest BCUT2D eigenvalue weighted by atomic mass is 31.0. The fraction of sp³-hybridized carbons (Fsp3) is 0.316. The second-order valence-electron chi connectivity index (χ2n) is 5.86. The van der Waals surface area contributed by atoms with Gasteiger partial charge in [-0.1, -0.05) is 34.3 Å². The molecular weight excluding hydrogens is 329 g/mol. The zero-order valence-electron chi connectivity index (χ0n) is 15.5. The van der Waals surface area contributed by atoms with Crippen LogP contribution in [0.5, 0.6) is 0 Å². The molecule has 0 fully saturated rings. The fourth-order valence-electron chi connectivity index (χ4n) is 2.30. The minimum Gasteiger partial charge on any atom is -0.358 e. The molecule has 0 spiro atoms. The normalized spacial score (nSPS) is 10.5. The van der Waals surface area contributed by atoms with E-state index in [9.17, 15) is 0 Å². The zero-order chi connectivity index (χ0) is 18.6. The number of fused-ring (bicyclic) bond motifs is 1. The van der Waals surface area contributed by atoms with Gasteiger partial charge in [0.15, 0.2) is 0 Å². The summed E-state index contributed by atoms with van der Waals surface area (Å²) in [5, 5.41) is 7.68. The van der Waals surface area contributed by atoms with Gasteiger partial charge in [-0.3, -0.25) is 4.98 Å². The molecule has 3 heterocycles. The van der Waals surface area contributed by atoms with Crippen molar-refractivity contribution in [1.29, 1.82) is 0 Å². The fourth-order valence-corrected chi connectivity index (χ4v) is 2.69. The molecule has 5 nitrogen and oxygen atoms in total. The molecule has 0 aliphatic heterocycles. The van der Waals surface area contributed by atoms with Crippen molar-refractivity contribution in [3.8, 4) is 11.3 Å². The molecule has 132 valence electrons. The van der Waals surface area contributed by atoms with Crippen molar-refractivity contribution in [2.45, 2.75) is 34.6 Å². The lowest BCUT2D eigenvalue weighted by Crippen LogP contribution is -2.04. The number of nitrogens with zero attached hydrogens (tertiary/aromatic N) is 4. The predicted molar refractivity (Wildman–Crippen MR) is 110 cm³/mol. The number of aromatic nitrogens is 4. The van der Waals surface area contributed by atoms with Crippen molar-refractivity contribution in [2.75, 3.05) is 5.32 Å². The summed E-state index contributed by atoms with van der Waals surface area (Å²) >= 11 is 0. The van der Waals surface area contributed by atoms with Gasteiger partial charge < -0.3 is 5.32 Å². The van der Waals surface area contributed by atoms with Crippen LogP contribution in [0.2, 0.25) is 0 Å². The maximum atomic E-state index is 4.73. The molecule has 0 aromatic carbocycles. The number of aryl methyl sites for hydroxylation is 1. The molecule has 1 unspecified atom stereocenters. The van der Waals surface area contributed by atoms with Gasteiger partial charge in [0.05, 0.1) is 28.8 Å². The summed E-state index contributed by atoms with van der Waals surface area (Å²) in [5.74, 6) is 0.365. The standard InChI is InChI=1S/C17H20N5P.C2H6/c1-10(2)11(3)19-14-7-13(8-18-9-14)15-5-6-16-17(20-15)12(4)21-22(16)23;1-2/h5-10,19H,3,23H2,1-2,4H3;1-2H3. The quantitative estimate of drug-likeness (QED) is 0.666. The molecule has 1 N–H and O–H groups in total. The molecular formula is C19H26N5P. The average Bonchev–Trinajstić information content (AvgIpc) is 2.90. The van der Waals surface area contributed by atoms with E-state index in [1.54, 1.807) is 10.6 Å². The van der Waals surface area contributed by atoms with Gasteiger partial charge in [-0.2, -0.15) is 5.10 Å². The molecule has 0 saturated carbocycles. The van der Waals surface area contributed by atoms with Crippen molar-refractivity contribution in [2.24, 2.45) is 5.92 Å². The smallest absolute Gasteiger partial charge is 0.112 e. The van der Waals surface area contributed by atoms with Crippen molar-refractivity contribution in [1.82, 2.24) is 19.5 Å². The molecule has 0 radical (unpaired) electrons. The van der Waals surface area contributed by atoms with E-state index in [-0.39, 0.29) is 0 Å². The number of allylic oxidation sites excluding steroid dienone is 1. The first-order valence-electron chi connectivity index (χ1n) is 8.48. The lowest BCUT2D eigenvalue weighted by molar-refractivity contribution is 0.778. The van der Waals surface area contributed by atoms with Crippen LogP contribution in [-0.4, -0.2) is 19.5 Å². The van der Waals surface area contributed by atoms with Gasteiger partial charge in [-0.25, -0.2) is 9.44 Å². The summed E-state index contributed by atoms with van der Waals surface area (Å²) in [7, 11) is 2.58. The summed E-state index contributed by atoms with van der Waals surface area (Å²) < 4.78 is 1.77. The summed E-state index contributed by atoms with van der Waals surface area (Å²) in [6.07, 6.45) is 3.61. The van der Waals surface area contributed by atoms with Crippen LogP contribution in [0.1, 0.15) is 33.4 Å². The third-order valence-corrected chi connectivity index (χ3v) is 4.15. The van der Waals surface area contributed by atoms with Crippen molar-refractivity contribution in [3.63, 3.8) is 0 Å². The first-order chi connectivity index (χ1) is 12.0. The van der Waals surface area contributed by atoms with Crippen LogP contribution in [0.25, 0.3) is 22.3 Å². The highest BCUT2D eigenvalue weighted by Gasteiger charge is 2.09. The molecule has 3 aromatic heterocycles. The third kappa shape index (κ3) is 4.23. The molecule has 6 heteroatoms. The van der Waals surface area contributed by atoms with Gasteiger partial charge in [0.2, 0.25) is 0 Å². The van der Waals surface area contributed by atoms with Gasteiger partial charge in [-0.15, -0.1) is 0 Å². The molecule has 0 amide bonds. The summed E-state index contributed by atoms with van der Waals surface area (Å²) in [6.45, 7) is 14.2. The summed E-state index contributed by atoms with van der Waals surface area (Å²) in [4.78, 5) is 9.05. The van der Waals surface area contributed by atoms with Crippen LogP contribution < -0.4 is 5.32 Å². The van der Waals surface area contributed by atoms with Crippen LogP contribution >= 0.6 is 9.39 Å². The Morgan fingerprint density at radius 2 is 1.96 bits per heavy atom. The Labute approximate surface area is 151 Å². The number of hydrogen-bond donors (Lipinski definition) is 1. The Hall–Kier alpha value is -2.26. The Morgan fingerprint density at radius 1 is 1.24 bits per heavy atom. The van der Waals surface area contributed by atoms with E-state index in [1.165, 1.54) is 0 Å². The van der Waals surface area contributed by atoms with E-state index in [4.69, 9.17) is 4.98 Å². The molecule has 3 rings (SSSR count). The van der Waals surface area contributed by atoms with Crippen molar-refractivity contribution < 1.29 is 0 Å². The van der Waals surface area contributed by atoms with Gasteiger partial charge >= 0.3 is 0 Å². The lowest BCUT2D eigenvalue weighted by atomic mass is 10.1. The molecule has 3 aromatic rings. The van der Waals surface area contributed by atoms with Gasteiger partial charge in [-0.05, 0) is 40.4 Å². The number of hydrogen-bond acceptors (Lipinski definition) is 4. The molecule has 0 aliphatic rings. The monoisotopic (exact) mass is 355 g/mol. The van der Waals surface area contributed by atoms with Gasteiger partial charge in [0, 0.05) is 17.5 Å². The van der Waals surface area contributed by atoms with E-state index in [0.717, 1.165) is 39.4 Å². The Morgan fingerprint density at radius 3 is 2.64 bits per heavy atom. The zero-order valence-corrected chi connectivity index (χ0v) is 16.7. The van der Waals surface area contributed by atoms with E-state index >= 15 is 0 Å². The second kappa shape index (κ2) is 8.21. The minimum atomic E-state index is 0.365.